The maximum atomic E-state index is 12.5. The molecule has 5 heteroatoms. The third-order valence-electron chi connectivity index (χ3n) is 4.04. The first kappa shape index (κ1) is 12.5. The first-order chi connectivity index (χ1) is 8.66. The molecule has 2 aliphatic rings. The molecule has 2 saturated heterocycles. The van der Waals surface area contributed by atoms with E-state index in [1.165, 1.54) is 17.8 Å². The van der Waals surface area contributed by atoms with Crippen molar-refractivity contribution < 1.29 is 4.79 Å². The SMILES string of the molecule is Cc1csc(C(=O)N2CCC3NCCC3C2)c1Cl. The van der Waals surface area contributed by atoms with Crippen molar-refractivity contribution in [1.29, 1.82) is 0 Å². The molecule has 3 heterocycles. The second-order valence-corrected chi connectivity index (χ2v) is 6.47. The predicted octanol–water partition coefficient (Wildman–Crippen LogP) is 2.53. The lowest BCUT2D eigenvalue weighted by molar-refractivity contribution is 0.0667. The summed E-state index contributed by atoms with van der Waals surface area (Å²) in [4.78, 5) is 15.1. The lowest BCUT2D eigenvalue weighted by Gasteiger charge is -2.34. The zero-order chi connectivity index (χ0) is 12.7. The molecule has 0 aliphatic carbocycles. The third-order valence-corrected chi connectivity index (χ3v) is 5.72. The van der Waals surface area contributed by atoms with Crippen LogP contribution in [0.1, 0.15) is 28.1 Å². The summed E-state index contributed by atoms with van der Waals surface area (Å²) in [5, 5.41) is 6.11. The highest BCUT2D eigenvalue weighted by atomic mass is 35.5. The van der Waals surface area contributed by atoms with Crippen LogP contribution in [-0.2, 0) is 0 Å². The van der Waals surface area contributed by atoms with E-state index in [-0.39, 0.29) is 5.91 Å². The van der Waals surface area contributed by atoms with Crippen LogP contribution in [0.4, 0.5) is 0 Å². The molecule has 18 heavy (non-hydrogen) atoms. The fraction of sp³-hybridized carbons (Fsp3) is 0.615. The first-order valence-corrected chi connectivity index (χ1v) is 7.69. The molecule has 2 aliphatic heterocycles. The highest BCUT2D eigenvalue weighted by Crippen LogP contribution is 2.31. The van der Waals surface area contributed by atoms with Gasteiger partial charge in [-0.15, -0.1) is 11.3 Å². The molecule has 2 atom stereocenters. The standard InChI is InChI=1S/C13H17ClN2OS/c1-8-7-18-12(11(8)14)13(17)16-5-3-10-9(6-16)2-4-15-10/h7,9-10,15H,2-6H2,1H3. The number of rotatable bonds is 1. The lowest BCUT2D eigenvalue weighted by Crippen LogP contribution is -2.46. The third kappa shape index (κ3) is 2.06. The van der Waals surface area contributed by atoms with E-state index in [2.05, 4.69) is 5.32 Å². The van der Waals surface area contributed by atoms with Crippen LogP contribution in [0.5, 0.6) is 0 Å². The summed E-state index contributed by atoms with van der Waals surface area (Å²) in [6, 6.07) is 0.620. The van der Waals surface area contributed by atoms with Gasteiger partial charge in [-0.1, -0.05) is 11.6 Å². The minimum atomic E-state index is 0.114. The Morgan fingerprint density at radius 1 is 1.56 bits per heavy atom. The van der Waals surface area contributed by atoms with Gasteiger partial charge in [-0.2, -0.15) is 0 Å². The number of nitrogens with zero attached hydrogens (tertiary/aromatic N) is 1. The van der Waals surface area contributed by atoms with E-state index in [1.54, 1.807) is 0 Å². The Kier molecular flexibility index (Phi) is 3.34. The van der Waals surface area contributed by atoms with Crippen LogP contribution in [0.15, 0.2) is 5.38 Å². The topological polar surface area (TPSA) is 32.3 Å². The number of fused-ring (bicyclic) bond motifs is 1. The molecule has 2 unspecified atom stereocenters. The predicted molar refractivity (Wildman–Crippen MR) is 74.5 cm³/mol. The van der Waals surface area contributed by atoms with Crippen molar-refractivity contribution in [1.82, 2.24) is 10.2 Å². The number of halogens is 1. The van der Waals surface area contributed by atoms with Gasteiger partial charge in [0.1, 0.15) is 4.88 Å². The minimum absolute atomic E-state index is 0.114. The number of likely N-dealkylation sites (tertiary alicyclic amines) is 1. The Morgan fingerprint density at radius 2 is 2.39 bits per heavy atom. The molecule has 0 bridgehead atoms. The highest BCUT2D eigenvalue weighted by molar-refractivity contribution is 7.13. The van der Waals surface area contributed by atoms with Crippen molar-refractivity contribution in [3.8, 4) is 0 Å². The summed E-state index contributed by atoms with van der Waals surface area (Å²) >= 11 is 7.65. The van der Waals surface area contributed by atoms with Crippen LogP contribution < -0.4 is 5.32 Å². The molecule has 0 saturated carbocycles. The van der Waals surface area contributed by atoms with Crippen LogP contribution in [0.2, 0.25) is 5.02 Å². The van der Waals surface area contributed by atoms with Gasteiger partial charge in [0.05, 0.1) is 5.02 Å². The van der Waals surface area contributed by atoms with Gasteiger partial charge in [-0.3, -0.25) is 4.79 Å². The Morgan fingerprint density at radius 3 is 3.11 bits per heavy atom. The fourth-order valence-corrected chi connectivity index (χ4v) is 4.19. The number of carbonyl (C=O) groups is 1. The van der Waals surface area contributed by atoms with Crippen LogP contribution >= 0.6 is 22.9 Å². The van der Waals surface area contributed by atoms with Crippen molar-refractivity contribution in [2.24, 2.45) is 5.92 Å². The number of piperidine rings is 1. The molecule has 3 rings (SSSR count). The Balaban J connectivity index is 1.75. The largest absolute Gasteiger partial charge is 0.338 e. The normalized spacial score (nSPS) is 27.3. The summed E-state index contributed by atoms with van der Waals surface area (Å²) in [5.41, 5.74) is 1.00. The molecule has 0 spiro atoms. The van der Waals surface area contributed by atoms with E-state index in [0.29, 0.717) is 21.9 Å². The Hall–Kier alpha value is -0.580. The molecule has 1 aromatic rings. The summed E-state index contributed by atoms with van der Waals surface area (Å²) in [5.74, 6) is 0.742. The van der Waals surface area contributed by atoms with Gasteiger partial charge in [0.25, 0.3) is 5.91 Å². The van der Waals surface area contributed by atoms with Gasteiger partial charge < -0.3 is 10.2 Å². The number of hydrogen-bond donors (Lipinski definition) is 1. The van der Waals surface area contributed by atoms with Crippen LogP contribution in [-0.4, -0.2) is 36.5 Å². The van der Waals surface area contributed by atoms with Gasteiger partial charge >= 0.3 is 0 Å². The molecular formula is C13H17ClN2OS. The number of thiophene rings is 1. The average Bonchev–Trinajstić information content (AvgIpc) is 2.96. The Bertz CT molecular complexity index is 474. The summed E-state index contributed by atoms with van der Waals surface area (Å²) in [6.07, 6.45) is 2.25. The Labute approximate surface area is 116 Å². The molecular weight excluding hydrogens is 268 g/mol. The molecule has 1 amide bonds. The van der Waals surface area contributed by atoms with E-state index in [0.717, 1.165) is 31.6 Å². The molecule has 1 N–H and O–H groups in total. The van der Waals surface area contributed by atoms with Gasteiger partial charge in [-0.05, 0) is 43.2 Å². The lowest BCUT2D eigenvalue weighted by atomic mass is 9.93. The number of nitrogens with one attached hydrogen (secondary N) is 1. The van der Waals surface area contributed by atoms with E-state index >= 15 is 0 Å². The second-order valence-electron chi connectivity index (χ2n) is 5.21. The number of carbonyl (C=O) groups excluding carboxylic acids is 1. The van der Waals surface area contributed by atoms with Crippen molar-refractivity contribution in [3.05, 3.63) is 20.8 Å². The van der Waals surface area contributed by atoms with E-state index in [1.807, 2.05) is 17.2 Å². The number of aryl methyl sites for hydroxylation is 1. The number of hydrogen-bond acceptors (Lipinski definition) is 3. The van der Waals surface area contributed by atoms with Crippen LogP contribution in [0.3, 0.4) is 0 Å². The van der Waals surface area contributed by atoms with Crippen molar-refractivity contribution in [3.63, 3.8) is 0 Å². The maximum Gasteiger partial charge on any atom is 0.265 e. The molecule has 3 nitrogen and oxygen atoms in total. The smallest absolute Gasteiger partial charge is 0.265 e. The monoisotopic (exact) mass is 284 g/mol. The highest BCUT2D eigenvalue weighted by Gasteiger charge is 2.35. The van der Waals surface area contributed by atoms with E-state index < -0.39 is 0 Å². The molecule has 1 aromatic heterocycles. The van der Waals surface area contributed by atoms with Crippen molar-refractivity contribution >= 4 is 28.8 Å². The average molecular weight is 285 g/mol. The minimum Gasteiger partial charge on any atom is -0.338 e. The molecule has 0 radical (unpaired) electrons. The number of amides is 1. The van der Waals surface area contributed by atoms with E-state index in [9.17, 15) is 4.79 Å². The van der Waals surface area contributed by atoms with Crippen molar-refractivity contribution in [2.75, 3.05) is 19.6 Å². The summed E-state index contributed by atoms with van der Waals surface area (Å²) in [6.45, 7) is 4.77. The molecule has 98 valence electrons. The zero-order valence-electron chi connectivity index (χ0n) is 10.4. The van der Waals surface area contributed by atoms with Gasteiger partial charge in [0.15, 0.2) is 0 Å². The first-order valence-electron chi connectivity index (χ1n) is 6.43. The van der Waals surface area contributed by atoms with Crippen LogP contribution in [0, 0.1) is 12.8 Å². The zero-order valence-corrected chi connectivity index (χ0v) is 12.0. The van der Waals surface area contributed by atoms with Gasteiger partial charge in [0.2, 0.25) is 0 Å². The van der Waals surface area contributed by atoms with Crippen molar-refractivity contribution in [2.45, 2.75) is 25.8 Å². The van der Waals surface area contributed by atoms with Gasteiger partial charge in [0, 0.05) is 19.1 Å². The molecule has 2 fully saturated rings. The van der Waals surface area contributed by atoms with Gasteiger partial charge in [-0.25, -0.2) is 0 Å². The summed E-state index contributed by atoms with van der Waals surface area (Å²) in [7, 11) is 0. The van der Waals surface area contributed by atoms with E-state index in [4.69, 9.17) is 11.6 Å². The maximum absolute atomic E-state index is 12.5. The quantitative estimate of drug-likeness (QED) is 0.859. The summed E-state index contributed by atoms with van der Waals surface area (Å²) < 4.78 is 0. The van der Waals surface area contributed by atoms with Crippen LogP contribution in [0.25, 0.3) is 0 Å². The fourth-order valence-electron chi connectivity index (χ4n) is 2.95. The molecule has 0 aromatic carbocycles. The second kappa shape index (κ2) is 4.83.